The standard InChI is InChI=1S/C12H25N3O/c1-10-11(6-7-13-10)12(16)15(4)9-5-8-14(2)3/h10-11,13H,5-9H2,1-4H3. The van der Waals surface area contributed by atoms with E-state index in [4.69, 9.17) is 0 Å². The van der Waals surface area contributed by atoms with Crippen molar-refractivity contribution in [3.8, 4) is 0 Å². The van der Waals surface area contributed by atoms with E-state index in [9.17, 15) is 4.79 Å². The number of nitrogens with one attached hydrogen (secondary N) is 1. The van der Waals surface area contributed by atoms with Crippen LogP contribution in [0.5, 0.6) is 0 Å². The molecule has 0 saturated carbocycles. The normalized spacial score (nSPS) is 25.1. The highest BCUT2D eigenvalue weighted by Gasteiger charge is 2.31. The summed E-state index contributed by atoms with van der Waals surface area (Å²) >= 11 is 0. The van der Waals surface area contributed by atoms with Crippen LogP contribution in [0.25, 0.3) is 0 Å². The van der Waals surface area contributed by atoms with Crippen molar-refractivity contribution in [3.63, 3.8) is 0 Å². The van der Waals surface area contributed by atoms with Gasteiger partial charge in [-0.2, -0.15) is 0 Å². The molecule has 0 aliphatic carbocycles. The number of carbonyl (C=O) groups excluding carboxylic acids is 1. The number of hydrogen-bond donors (Lipinski definition) is 1. The average Bonchev–Trinajstić information content (AvgIpc) is 2.62. The van der Waals surface area contributed by atoms with Gasteiger partial charge in [-0.15, -0.1) is 0 Å². The Labute approximate surface area is 99.0 Å². The van der Waals surface area contributed by atoms with Gasteiger partial charge in [0.05, 0.1) is 5.92 Å². The third-order valence-electron chi connectivity index (χ3n) is 3.32. The molecule has 1 fully saturated rings. The van der Waals surface area contributed by atoms with Crippen LogP contribution in [0.2, 0.25) is 0 Å². The van der Waals surface area contributed by atoms with Crippen molar-refractivity contribution in [1.82, 2.24) is 15.1 Å². The van der Waals surface area contributed by atoms with Gasteiger partial charge in [-0.3, -0.25) is 4.79 Å². The second-order valence-electron chi connectivity index (χ2n) is 5.05. The molecule has 16 heavy (non-hydrogen) atoms. The van der Waals surface area contributed by atoms with Gasteiger partial charge >= 0.3 is 0 Å². The monoisotopic (exact) mass is 227 g/mol. The highest BCUT2D eigenvalue weighted by atomic mass is 16.2. The molecule has 94 valence electrons. The maximum absolute atomic E-state index is 12.1. The van der Waals surface area contributed by atoms with Crippen molar-refractivity contribution >= 4 is 5.91 Å². The van der Waals surface area contributed by atoms with Crippen molar-refractivity contribution in [1.29, 1.82) is 0 Å². The van der Waals surface area contributed by atoms with Gasteiger partial charge in [0.2, 0.25) is 5.91 Å². The molecule has 0 aromatic heterocycles. The number of rotatable bonds is 5. The second kappa shape index (κ2) is 6.21. The van der Waals surface area contributed by atoms with E-state index >= 15 is 0 Å². The van der Waals surface area contributed by atoms with Crippen LogP contribution in [0.15, 0.2) is 0 Å². The fourth-order valence-electron chi connectivity index (χ4n) is 2.21. The van der Waals surface area contributed by atoms with Gasteiger partial charge in [-0.25, -0.2) is 0 Å². The molecule has 1 rings (SSSR count). The average molecular weight is 227 g/mol. The molecule has 0 aromatic rings. The zero-order chi connectivity index (χ0) is 12.1. The maximum atomic E-state index is 12.1. The molecule has 1 amide bonds. The van der Waals surface area contributed by atoms with Gasteiger partial charge < -0.3 is 15.1 Å². The zero-order valence-corrected chi connectivity index (χ0v) is 11.0. The topological polar surface area (TPSA) is 35.6 Å². The Morgan fingerprint density at radius 3 is 2.50 bits per heavy atom. The van der Waals surface area contributed by atoms with Crippen molar-refractivity contribution in [2.45, 2.75) is 25.8 Å². The summed E-state index contributed by atoms with van der Waals surface area (Å²) in [7, 11) is 6.04. The third kappa shape index (κ3) is 3.76. The first-order valence-corrected chi connectivity index (χ1v) is 6.15. The number of nitrogens with zero attached hydrogens (tertiary/aromatic N) is 2. The minimum Gasteiger partial charge on any atom is -0.345 e. The Morgan fingerprint density at radius 2 is 2.00 bits per heavy atom. The van der Waals surface area contributed by atoms with Gasteiger partial charge in [-0.05, 0) is 47.0 Å². The number of hydrogen-bond acceptors (Lipinski definition) is 3. The lowest BCUT2D eigenvalue weighted by Gasteiger charge is -2.23. The summed E-state index contributed by atoms with van der Waals surface area (Å²) in [5.74, 6) is 0.487. The molecule has 1 heterocycles. The zero-order valence-electron chi connectivity index (χ0n) is 11.0. The highest BCUT2D eigenvalue weighted by molar-refractivity contribution is 5.79. The molecule has 4 nitrogen and oxygen atoms in total. The van der Waals surface area contributed by atoms with Crippen LogP contribution in [0.3, 0.4) is 0 Å². The fraction of sp³-hybridized carbons (Fsp3) is 0.917. The van der Waals surface area contributed by atoms with Gasteiger partial charge in [-0.1, -0.05) is 0 Å². The lowest BCUT2D eigenvalue weighted by Crippen LogP contribution is -2.39. The minimum absolute atomic E-state index is 0.185. The molecule has 1 N–H and O–H groups in total. The summed E-state index contributed by atoms with van der Waals surface area (Å²) in [6.07, 6.45) is 2.03. The molecule has 0 radical (unpaired) electrons. The van der Waals surface area contributed by atoms with Gasteiger partial charge in [0.25, 0.3) is 0 Å². The van der Waals surface area contributed by atoms with Crippen LogP contribution in [-0.4, -0.2) is 62.5 Å². The number of carbonyl (C=O) groups is 1. The molecule has 1 saturated heterocycles. The minimum atomic E-state index is 0.185. The summed E-state index contributed by atoms with van der Waals surface area (Å²) in [6.45, 7) is 4.97. The van der Waals surface area contributed by atoms with Gasteiger partial charge in [0, 0.05) is 19.6 Å². The van der Waals surface area contributed by atoms with Crippen LogP contribution < -0.4 is 5.32 Å². The van der Waals surface area contributed by atoms with E-state index in [-0.39, 0.29) is 5.92 Å². The molecule has 2 atom stereocenters. The molecule has 1 aliphatic heterocycles. The Morgan fingerprint density at radius 1 is 1.31 bits per heavy atom. The van der Waals surface area contributed by atoms with E-state index in [0.29, 0.717) is 11.9 Å². The van der Waals surface area contributed by atoms with Crippen LogP contribution in [-0.2, 0) is 4.79 Å². The van der Waals surface area contributed by atoms with E-state index in [1.54, 1.807) is 0 Å². The van der Waals surface area contributed by atoms with E-state index in [0.717, 1.165) is 32.5 Å². The predicted octanol–water partition coefficient (Wildman–Crippen LogP) is 0.395. The summed E-state index contributed by atoms with van der Waals surface area (Å²) in [5, 5.41) is 3.32. The highest BCUT2D eigenvalue weighted by Crippen LogP contribution is 2.17. The largest absolute Gasteiger partial charge is 0.345 e. The predicted molar refractivity (Wildman–Crippen MR) is 66.4 cm³/mol. The van der Waals surface area contributed by atoms with Crippen LogP contribution in [0, 0.1) is 5.92 Å². The number of amides is 1. The maximum Gasteiger partial charge on any atom is 0.227 e. The van der Waals surface area contributed by atoms with E-state index in [2.05, 4.69) is 31.2 Å². The molecule has 0 bridgehead atoms. The molecule has 2 unspecified atom stereocenters. The molecule has 0 aromatic carbocycles. The van der Waals surface area contributed by atoms with Crippen LogP contribution in [0.1, 0.15) is 19.8 Å². The smallest absolute Gasteiger partial charge is 0.227 e. The summed E-state index contributed by atoms with van der Waals surface area (Å²) < 4.78 is 0. The lowest BCUT2D eigenvalue weighted by molar-refractivity contribution is -0.134. The van der Waals surface area contributed by atoms with Crippen LogP contribution >= 0.6 is 0 Å². The van der Waals surface area contributed by atoms with E-state index in [1.807, 2.05) is 11.9 Å². The van der Waals surface area contributed by atoms with E-state index < -0.39 is 0 Å². The van der Waals surface area contributed by atoms with Crippen LogP contribution in [0.4, 0.5) is 0 Å². The van der Waals surface area contributed by atoms with Gasteiger partial charge in [0.15, 0.2) is 0 Å². The Balaban J connectivity index is 2.30. The second-order valence-corrected chi connectivity index (χ2v) is 5.05. The SMILES string of the molecule is CC1NCCC1C(=O)N(C)CCCN(C)C. The van der Waals surface area contributed by atoms with Crippen molar-refractivity contribution < 1.29 is 4.79 Å². The molecular formula is C12H25N3O. The summed E-state index contributed by atoms with van der Waals surface area (Å²) in [6, 6.07) is 0.337. The Kier molecular flexibility index (Phi) is 5.22. The third-order valence-corrected chi connectivity index (χ3v) is 3.32. The quantitative estimate of drug-likeness (QED) is 0.738. The first-order valence-electron chi connectivity index (χ1n) is 6.15. The molecular weight excluding hydrogens is 202 g/mol. The fourth-order valence-corrected chi connectivity index (χ4v) is 2.21. The summed E-state index contributed by atoms with van der Waals surface area (Å²) in [4.78, 5) is 16.1. The Bertz CT molecular complexity index is 230. The Hall–Kier alpha value is -0.610. The summed E-state index contributed by atoms with van der Waals surface area (Å²) in [5.41, 5.74) is 0. The lowest BCUT2D eigenvalue weighted by atomic mass is 10.0. The van der Waals surface area contributed by atoms with Crippen molar-refractivity contribution in [2.24, 2.45) is 5.92 Å². The van der Waals surface area contributed by atoms with Crippen molar-refractivity contribution in [3.05, 3.63) is 0 Å². The van der Waals surface area contributed by atoms with Crippen molar-refractivity contribution in [2.75, 3.05) is 40.8 Å². The van der Waals surface area contributed by atoms with Gasteiger partial charge in [0.1, 0.15) is 0 Å². The first-order chi connectivity index (χ1) is 7.52. The molecule has 4 heteroatoms. The molecule has 1 aliphatic rings. The van der Waals surface area contributed by atoms with E-state index in [1.165, 1.54) is 0 Å². The molecule has 0 spiro atoms. The first kappa shape index (κ1) is 13.5.